The number of anilines is 2. The number of aromatic nitrogens is 5. The van der Waals surface area contributed by atoms with E-state index in [9.17, 15) is 4.79 Å². The molecule has 4 N–H and O–H groups in total. The second kappa shape index (κ2) is 14.9. The number of urea groups is 1. The smallest absolute Gasteiger partial charge is 0.320 e. The van der Waals surface area contributed by atoms with Crippen LogP contribution in [-0.4, -0.2) is 74.2 Å². The number of amides is 2. The van der Waals surface area contributed by atoms with Crippen LogP contribution in [0.15, 0.2) is 66.9 Å². The number of nitrogens with zero attached hydrogens (tertiary/aromatic N) is 7. The van der Waals surface area contributed by atoms with E-state index in [1.165, 1.54) is 6.42 Å². The largest absolute Gasteiger partial charge is 0.484 e. The van der Waals surface area contributed by atoms with Crippen LogP contribution in [-0.2, 0) is 6.54 Å². The minimum Gasteiger partial charge on any atom is -0.484 e. The normalized spacial score (nSPS) is 19.6. The number of hydrogen-bond donors (Lipinski definition) is 4. The molecule has 13 nitrogen and oxygen atoms in total. The number of likely N-dealkylation sites (N-methyl/N-ethyl adjacent to an activating group) is 1. The SMILES string of the molecule is CCC(=N)/C=C(/NC(=O)N[C@H]1CC[C@@H](Oc2ccc3nnc(N4CCCC[C@@H]4C)n3c2)c2ccccc21)Nc1cnn(CCN(C)C)c1. The fourth-order valence-corrected chi connectivity index (χ4v) is 6.41. The van der Waals surface area contributed by atoms with Crippen molar-refractivity contribution < 1.29 is 9.53 Å². The van der Waals surface area contributed by atoms with Crippen LogP contribution in [0.1, 0.15) is 75.6 Å². The van der Waals surface area contributed by atoms with E-state index in [2.05, 4.69) is 60.1 Å². The van der Waals surface area contributed by atoms with E-state index in [0.29, 0.717) is 30.4 Å². The van der Waals surface area contributed by atoms with E-state index in [4.69, 9.17) is 10.1 Å². The first-order chi connectivity index (χ1) is 23.3. The van der Waals surface area contributed by atoms with Gasteiger partial charge in [0.05, 0.1) is 30.7 Å². The van der Waals surface area contributed by atoms with Gasteiger partial charge in [-0.05, 0) is 88.9 Å². The molecule has 0 bridgehead atoms. The first kappa shape index (κ1) is 33.0. The van der Waals surface area contributed by atoms with Crippen molar-refractivity contribution in [2.45, 2.75) is 77.1 Å². The van der Waals surface area contributed by atoms with Crippen molar-refractivity contribution in [2.24, 2.45) is 0 Å². The Balaban J connectivity index is 1.13. The van der Waals surface area contributed by atoms with Crippen molar-refractivity contribution >= 4 is 29.0 Å². The summed E-state index contributed by atoms with van der Waals surface area (Å²) >= 11 is 0. The Labute approximate surface area is 281 Å². The van der Waals surface area contributed by atoms with Gasteiger partial charge in [-0.25, -0.2) is 4.79 Å². The molecular formula is C35H47N11O2. The van der Waals surface area contributed by atoms with Gasteiger partial charge in [0.1, 0.15) is 17.7 Å². The van der Waals surface area contributed by atoms with Gasteiger partial charge in [-0.1, -0.05) is 31.2 Å². The summed E-state index contributed by atoms with van der Waals surface area (Å²) in [7, 11) is 4.04. The molecule has 4 heterocycles. The third-order valence-corrected chi connectivity index (χ3v) is 9.07. The second-order valence-corrected chi connectivity index (χ2v) is 13.0. The van der Waals surface area contributed by atoms with E-state index in [1.807, 2.05) is 66.8 Å². The summed E-state index contributed by atoms with van der Waals surface area (Å²) in [5, 5.41) is 30.9. The third kappa shape index (κ3) is 7.79. The average molecular weight is 654 g/mol. The van der Waals surface area contributed by atoms with Gasteiger partial charge in [-0.3, -0.25) is 14.4 Å². The fourth-order valence-electron chi connectivity index (χ4n) is 6.41. The predicted octanol–water partition coefficient (Wildman–Crippen LogP) is 5.50. The molecule has 2 amide bonds. The van der Waals surface area contributed by atoms with E-state index in [-0.39, 0.29) is 18.2 Å². The van der Waals surface area contributed by atoms with Crippen molar-refractivity contribution in [1.29, 1.82) is 5.41 Å². The zero-order chi connectivity index (χ0) is 33.6. The van der Waals surface area contributed by atoms with Crippen molar-refractivity contribution in [3.05, 3.63) is 78.0 Å². The first-order valence-electron chi connectivity index (χ1n) is 16.9. The van der Waals surface area contributed by atoms with Crippen molar-refractivity contribution in [1.82, 2.24) is 39.9 Å². The molecular weight excluding hydrogens is 606 g/mol. The predicted molar refractivity (Wildman–Crippen MR) is 188 cm³/mol. The standard InChI is InChI=1S/C35H47N11O2/c1-5-25(36)20-32(38-26-21-37-44(22-26)19-18-43(3)4)40-34(47)39-30-14-15-31(29-12-7-6-11-28(29)30)48-27-13-16-33-41-42-35(46(33)23-27)45-17-9-8-10-24(45)2/h6-7,11-13,16,20-24,30-31,36,38H,5,8-10,14-15,17-19H2,1-4H3,(H2,39,40,47)/b32-20+,36-25?/t24-,30-,31+/m0/s1. The van der Waals surface area contributed by atoms with Crippen LogP contribution in [0.2, 0.25) is 0 Å². The number of allylic oxidation sites excluding steroid dienone is 1. The number of ether oxygens (including phenoxy) is 1. The summed E-state index contributed by atoms with van der Waals surface area (Å²) in [6, 6.07) is 11.9. The van der Waals surface area contributed by atoms with Gasteiger partial charge in [0.2, 0.25) is 5.95 Å². The lowest BCUT2D eigenvalue weighted by atomic mass is 9.85. The van der Waals surface area contributed by atoms with Gasteiger partial charge >= 0.3 is 6.03 Å². The summed E-state index contributed by atoms with van der Waals surface area (Å²) in [6.45, 7) is 6.73. The van der Waals surface area contributed by atoms with Gasteiger partial charge in [-0.2, -0.15) is 5.10 Å². The van der Waals surface area contributed by atoms with Crippen molar-refractivity contribution in [2.75, 3.05) is 37.4 Å². The average Bonchev–Trinajstić information content (AvgIpc) is 3.71. The molecule has 1 fully saturated rings. The molecule has 4 aromatic rings. The summed E-state index contributed by atoms with van der Waals surface area (Å²) < 4.78 is 10.5. The lowest BCUT2D eigenvalue weighted by Gasteiger charge is -2.33. The highest BCUT2D eigenvalue weighted by atomic mass is 16.5. The maximum Gasteiger partial charge on any atom is 0.320 e. The summed E-state index contributed by atoms with van der Waals surface area (Å²) in [6.07, 6.45) is 12.6. The van der Waals surface area contributed by atoms with Crippen molar-refractivity contribution in [3.8, 4) is 5.75 Å². The van der Waals surface area contributed by atoms with Crippen LogP contribution in [0.25, 0.3) is 5.65 Å². The quantitative estimate of drug-likeness (QED) is 0.147. The van der Waals surface area contributed by atoms with Crippen LogP contribution in [0.3, 0.4) is 0 Å². The number of hydrogen-bond acceptors (Lipinski definition) is 9. The maximum absolute atomic E-state index is 13.4. The van der Waals surface area contributed by atoms with Crippen LogP contribution >= 0.6 is 0 Å². The summed E-state index contributed by atoms with van der Waals surface area (Å²) in [4.78, 5) is 17.8. The van der Waals surface area contributed by atoms with E-state index in [1.54, 1.807) is 12.3 Å². The van der Waals surface area contributed by atoms with Crippen LogP contribution in [0.4, 0.5) is 16.4 Å². The summed E-state index contributed by atoms with van der Waals surface area (Å²) in [5.41, 5.74) is 4.00. The fraction of sp³-hybridized carbons (Fsp3) is 0.457. The number of nitrogens with one attached hydrogen (secondary N) is 4. The Morgan fingerprint density at radius 2 is 1.92 bits per heavy atom. The highest BCUT2D eigenvalue weighted by Gasteiger charge is 2.30. The number of piperidine rings is 1. The van der Waals surface area contributed by atoms with E-state index in [0.717, 1.165) is 73.1 Å². The minimum atomic E-state index is -0.352. The van der Waals surface area contributed by atoms with Crippen LogP contribution in [0, 0.1) is 5.41 Å². The summed E-state index contributed by atoms with van der Waals surface area (Å²) in [5.74, 6) is 2.03. The van der Waals surface area contributed by atoms with Gasteiger partial charge in [0, 0.05) is 31.0 Å². The molecule has 48 heavy (non-hydrogen) atoms. The Kier molecular flexibility index (Phi) is 10.2. The van der Waals surface area contributed by atoms with E-state index >= 15 is 0 Å². The Hall–Kier alpha value is -4.91. The van der Waals surface area contributed by atoms with Gasteiger partial charge in [0.15, 0.2) is 5.65 Å². The van der Waals surface area contributed by atoms with Crippen molar-refractivity contribution in [3.63, 3.8) is 0 Å². The topological polar surface area (TPSA) is 141 Å². The molecule has 13 heteroatoms. The number of carbonyl (C=O) groups excluding carboxylic acids is 1. The second-order valence-electron chi connectivity index (χ2n) is 13.0. The molecule has 1 aliphatic heterocycles. The molecule has 0 saturated carbocycles. The Bertz CT molecular complexity index is 1760. The maximum atomic E-state index is 13.4. The molecule has 1 saturated heterocycles. The molecule has 254 valence electrons. The Morgan fingerprint density at radius 3 is 2.71 bits per heavy atom. The molecule has 3 atom stereocenters. The van der Waals surface area contributed by atoms with Gasteiger partial charge in [0.25, 0.3) is 0 Å². The molecule has 3 aromatic heterocycles. The molecule has 1 aromatic carbocycles. The Morgan fingerprint density at radius 1 is 1.08 bits per heavy atom. The van der Waals surface area contributed by atoms with Gasteiger partial charge < -0.3 is 30.6 Å². The van der Waals surface area contributed by atoms with Crippen LogP contribution in [0.5, 0.6) is 5.75 Å². The molecule has 2 aliphatic rings. The molecule has 0 spiro atoms. The number of fused-ring (bicyclic) bond motifs is 2. The first-order valence-corrected chi connectivity index (χ1v) is 16.9. The number of rotatable bonds is 12. The van der Waals surface area contributed by atoms with Crippen LogP contribution < -0.4 is 25.6 Å². The van der Waals surface area contributed by atoms with E-state index < -0.39 is 0 Å². The third-order valence-electron chi connectivity index (χ3n) is 9.07. The van der Waals surface area contributed by atoms with Gasteiger partial charge in [-0.15, -0.1) is 10.2 Å². The highest BCUT2D eigenvalue weighted by Crippen LogP contribution is 2.39. The molecule has 6 rings (SSSR count). The number of benzene rings is 1. The minimum absolute atomic E-state index is 0.167. The zero-order valence-corrected chi connectivity index (χ0v) is 28.3. The lowest BCUT2D eigenvalue weighted by molar-refractivity contribution is 0.171. The number of carbonyl (C=O) groups is 1. The number of pyridine rings is 1. The molecule has 1 aliphatic carbocycles. The highest BCUT2D eigenvalue weighted by molar-refractivity contribution is 5.93. The zero-order valence-electron chi connectivity index (χ0n) is 28.3. The molecule has 0 radical (unpaired) electrons. The monoisotopic (exact) mass is 653 g/mol. The lowest BCUT2D eigenvalue weighted by Crippen LogP contribution is -2.40. The molecule has 0 unspecified atom stereocenters.